The fourth-order valence-corrected chi connectivity index (χ4v) is 1.62. The second-order valence-corrected chi connectivity index (χ2v) is 3.94. The first-order valence-corrected chi connectivity index (χ1v) is 5.24. The molecular formula is C7H4Cl2F2IN. The van der Waals surface area contributed by atoms with Crippen molar-refractivity contribution in [3.8, 4) is 0 Å². The maximum Gasteiger partial charge on any atom is 0.280 e. The quantitative estimate of drug-likeness (QED) is 0.451. The van der Waals surface area contributed by atoms with Crippen molar-refractivity contribution in [1.29, 1.82) is 0 Å². The van der Waals surface area contributed by atoms with Crippen LogP contribution in [0, 0.1) is 3.70 Å². The van der Waals surface area contributed by atoms with E-state index in [-0.39, 0.29) is 17.1 Å². The molecule has 0 aromatic carbocycles. The molecule has 1 nitrogen and oxygen atoms in total. The summed E-state index contributed by atoms with van der Waals surface area (Å²) in [5.41, 5.74) is -0.00844. The van der Waals surface area contributed by atoms with E-state index in [1.54, 1.807) is 22.6 Å². The number of nitrogens with zero attached hydrogens (tertiary/aromatic N) is 1. The first-order chi connectivity index (χ1) is 6.06. The highest BCUT2D eigenvalue weighted by molar-refractivity contribution is 14.1. The molecule has 0 fully saturated rings. The van der Waals surface area contributed by atoms with Crippen molar-refractivity contribution in [1.82, 2.24) is 4.98 Å². The minimum absolute atomic E-state index is 0.0106. The van der Waals surface area contributed by atoms with Crippen molar-refractivity contribution >= 4 is 45.8 Å². The normalized spacial score (nSPS) is 10.9. The third kappa shape index (κ3) is 2.63. The third-order valence-corrected chi connectivity index (χ3v) is 3.11. The van der Waals surface area contributed by atoms with Crippen molar-refractivity contribution in [3.05, 3.63) is 26.0 Å². The van der Waals surface area contributed by atoms with E-state index in [9.17, 15) is 8.78 Å². The Morgan fingerprint density at radius 1 is 1.54 bits per heavy atom. The highest BCUT2D eigenvalue weighted by Crippen LogP contribution is 2.27. The summed E-state index contributed by atoms with van der Waals surface area (Å²) in [6.45, 7) is 0. The van der Waals surface area contributed by atoms with Gasteiger partial charge in [0, 0.05) is 5.88 Å². The number of hydrogen-bond donors (Lipinski definition) is 0. The standard InChI is InChI=1S/C7H4Cl2F2IN/c8-2-3-1-4(9)7(12)13-5(3)6(10)11/h1,6H,2H2. The minimum atomic E-state index is -2.61. The summed E-state index contributed by atoms with van der Waals surface area (Å²) in [7, 11) is 0. The Morgan fingerprint density at radius 2 is 2.15 bits per heavy atom. The molecule has 0 N–H and O–H groups in total. The molecule has 0 saturated heterocycles. The Kier molecular flexibility index (Phi) is 4.12. The van der Waals surface area contributed by atoms with Gasteiger partial charge in [0.25, 0.3) is 6.43 Å². The van der Waals surface area contributed by atoms with Gasteiger partial charge in [0.05, 0.1) is 5.02 Å². The van der Waals surface area contributed by atoms with E-state index < -0.39 is 6.43 Å². The van der Waals surface area contributed by atoms with Crippen LogP contribution in [0.1, 0.15) is 17.7 Å². The monoisotopic (exact) mass is 337 g/mol. The lowest BCUT2D eigenvalue weighted by molar-refractivity contribution is 0.145. The molecule has 0 atom stereocenters. The average Bonchev–Trinajstić information content (AvgIpc) is 2.08. The zero-order chi connectivity index (χ0) is 10.0. The minimum Gasteiger partial charge on any atom is -0.239 e. The molecule has 6 heteroatoms. The molecule has 13 heavy (non-hydrogen) atoms. The lowest BCUT2D eigenvalue weighted by atomic mass is 10.2. The van der Waals surface area contributed by atoms with Gasteiger partial charge in [-0.15, -0.1) is 11.6 Å². The molecule has 1 aromatic rings. The van der Waals surface area contributed by atoms with Gasteiger partial charge in [-0.05, 0) is 34.2 Å². The van der Waals surface area contributed by atoms with Crippen LogP contribution >= 0.6 is 45.8 Å². The van der Waals surface area contributed by atoms with Gasteiger partial charge in [0.2, 0.25) is 0 Å². The number of alkyl halides is 3. The van der Waals surface area contributed by atoms with Gasteiger partial charge in [-0.2, -0.15) is 0 Å². The molecule has 0 bridgehead atoms. The van der Waals surface area contributed by atoms with Gasteiger partial charge in [0.15, 0.2) is 0 Å². The first-order valence-electron chi connectivity index (χ1n) is 3.25. The molecule has 0 unspecified atom stereocenters. The molecular weight excluding hydrogens is 334 g/mol. The number of rotatable bonds is 2. The third-order valence-electron chi connectivity index (χ3n) is 1.40. The van der Waals surface area contributed by atoms with Crippen LogP contribution in [-0.4, -0.2) is 4.98 Å². The number of hydrogen-bond acceptors (Lipinski definition) is 1. The number of aromatic nitrogens is 1. The molecule has 0 amide bonds. The maximum absolute atomic E-state index is 12.4. The van der Waals surface area contributed by atoms with Crippen molar-refractivity contribution in [2.75, 3.05) is 0 Å². The second kappa shape index (κ2) is 4.70. The summed E-state index contributed by atoms with van der Waals surface area (Å²) in [6, 6.07) is 1.42. The maximum atomic E-state index is 12.4. The lowest BCUT2D eigenvalue weighted by Crippen LogP contribution is -1.99. The van der Waals surface area contributed by atoms with Crippen LogP contribution < -0.4 is 0 Å². The zero-order valence-electron chi connectivity index (χ0n) is 6.20. The molecule has 1 rings (SSSR count). The summed E-state index contributed by atoms with van der Waals surface area (Å²) in [4.78, 5) is 3.66. The molecule has 0 radical (unpaired) electrons. The van der Waals surface area contributed by atoms with E-state index in [2.05, 4.69) is 4.98 Å². The van der Waals surface area contributed by atoms with E-state index in [1.165, 1.54) is 6.07 Å². The van der Waals surface area contributed by atoms with E-state index in [1.807, 2.05) is 0 Å². The Morgan fingerprint density at radius 3 is 2.62 bits per heavy atom. The van der Waals surface area contributed by atoms with Crippen LogP contribution in [0.5, 0.6) is 0 Å². The van der Waals surface area contributed by atoms with Gasteiger partial charge in [-0.25, -0.2) is 13.8 Å². The molecule has 1 aromatic heterocycles. The van der Waals surface area contributed by atoms with Crippen LogP contribution in [0.2, 0.25) is 5.02 Å². The topological polar surface area (TPSA) is 12.9 Å². The largest absolute Gasteiger partial charge is 0.280 e. The molecule has 0 spiro atoms. The average molecular weight is 338 g/mol. The van der Waals surface area contributed by atoms with Gasteiger partial charge in [0.1, 0.15) is 9.39 Å². The molecule has 0 aliphatic heterocycles. The fourth-order valence-electron chi connectivity index (χ4n) is 0.813. The lowest BCUT2D eigenvalue weighted by Gasteiger charge is -2.06. The van der Waals surface area contributed by atoms with E-state index in [0.29, 0.717) is 8.72 Å². The summed E-state index contributed by atoms with van der Waals surface area (Å²) in [6.07, 6.45) is -2.61. The summed E-state index contributed by atoms with van der Waals surface area (Å²) in [5, 5.41) is 0.348. The van der Waals surface area contributed by atoms with Gasteiger partial charge in [-0.3, -0.25) is 0 Å². The van der Waals surface area contributed by atoms with Gasteiger partial charge in [-0.1, -0.05) is 11.6 Å². The SMILES string of the molecule is FC(F)c1nc(I)c(Cl)cc1CCl. The molecule has 0 saturated carbocycles. The van der Waals surface area contributed by atoms with Crippen LogP contribution in [0.3, 0.4) is 0 Å². The zero-order valence-corrected chi connectivity index (χ0v) is 9.87. The van der Waals surface area contributed by atoms with Crippen LogP contribution in [-0.2, 0) is 5.88 Å². The van der Waals surface area contributed by atoms with Crippen LogP contribution in [0.25, 0.3) is 0 Å². The van der Waals surface area contributed by atoms with Crippen molar-refractivity contribution in [2.24, 2.45) is 0 Å². The number of halogens is 5. The Balaban J connectivity index is 3.25. The molecule has 72 valence electrons. The fraction of sp³-hybridized carbons (Fsp3) is 0.286. The number of pyridine rings is 1. The Hall–Kier alpha value is 0.320. The molecule has 1 heterocycles. The predicted molar refractivity (Wildman–Crippen MR) is 56.5 cm³/mol. The molecule has 0 aliphatic rings. The van der Waals surface area contributed by atoms with E-state index in [0.717, 1.165) is 0 Å². The predicted octanol–water partition coefficient (Wildman–Crippen LogP) is 4.02. The second-order valence-electron chi connectivity index (χ2n) is 2.24. The van der Waals surface area contributed by atoms with E-state index in [4.69, 9.17) is 23.2 Å². The van der Waals surface area contributed by atoms with Crippen molar-refractivity contribution in [3.63, 3.8) is 0 Å². The summed E-state index contributed by atoms with van der Waals surface area (Å²) < 4.78 is 25.1. The van der Waals surface area contributed by atoms with Crippen LogP contribution in [0.4, 0.5) is 8.78 Å². The van der Waals surface area contributed by atoms with Crippen molar-refractivity contribution in [2.45, 2.75) is 12.3 Å². The van der Waals surface area contributed by atoms with Gasteiger partial charge >= 0.3 is 0 Å². The Labute approximate surface area is 97.6 Å². The Bertz CT molecular complexity index is 320. The summed E-state index contributed by atoms with van der Waals surface area (Å²) in [5.74, 6) is -0.0106. The van der Waals surface area contributed by atoms with Crippen LogP contribution in [0.15, 0.2) is 6.07 Å². The van der Waals surface area contributed by atoms with E-state index >= 15 is 0 Å². The highest BCUT2D eigenvalue weighted by Gasteiger charge is 2.16. The molecule has 0 aliphatic carbocycles. The summed E-state index contributed by atoms with van der Waals surface area (Å²) >= 11 is 13.0. The first kappa shape index (κ1) is 11.4. The van der Waals surface area contributed by atoms with Gasteiger partial charge < -0.3 is 0 Å². The smallest absolute Gasteiger partial charge is 0.239 e. The highest BCUT2D eigenvalue weighted by atomic mass is 127. The van der Waals surface area contributed by atoms with Crippen molar-refractivity contribution < 1.29 is 8.78 Å².